The van der Waals surface area contributed by atoms with E-state index >= 15 is 0 Å². The van der Waals surface area contributed by atoms with E-state index in [0.29, 0.717) is 17.8 Å². The Hall–Kier alpha value is -3.21. The average molecular weight is 540 g/mol. The van der Waals surface area contributed by atoms with Crippen LogP contribution >= 0.6 is 0 Å². The Labute approximate surface area is 213 Å². The Morgan fingerprint density at radius 1 is 1.00 bits per heavy atom. The highest BCUT2D eigenvalue weighted by Crippen LogP contribution is 2.29. The van der Waals surface area contributed by atoms with Gasteiger partial charge in [0, 0.05) is 18.2 Å². The molecule has 0 saturated carbocycles. The lowest BCUT2D eigenvalue weighted by atomic mass is 10.1. The first-order valence-electron chi connectivity index (χ1n) is 11.7. The largest absolute Gasteiger partial charge is 0.416 e. The van der Waals surface area contributed by atoms with Gasteiger partial charge < -0.3 is 9.47 Å². The van der Waals surface area contributed by atoms with Crippen LogP contribution in [0.4, 0.5) is 17.6 Å². The quantitative estimate of drug-likeness (QED) is 0.318. The van der Waals surface area contributed by atoms with E-state index in [-0.39, 0.29) is 35.0 Å². The summed E-state index contributed by atoms with van der Waals surface area (Å²) in [5.74, 6) is -1.29. The summed E-state index contributed by atoms with van der Waals surface area (Å²) < 4.78 is 80.0. The summed E-state index contributed by atoms with van der Waals surface area (Å²) in [6, 6.07) is 8.82. The molecule has 0 fully saturated rings. The molecule has 2 aromatic carbocycles. The maximum atomic E-state index is 13.3. The summed E-state index contributed by atoms with van der Waals surface area (Å²) in [7, 11) is -3.91. The number of hydrogen-bond donors (Lipinski definition) is 0. The molecular weight excluding hydrogens is 510 g/mol. The molecule has 1 amide bonds. The monoisotopic (exact) mass is 539 g/mol. The maximum Gasteiger partial charge on any atom is 0.416 e. The molecule has 200 valence electrons. The predicted molar refractivity (Wildman–Crippen MR) is 131 cm³/mol. The van der Waals surface area contributed by atoms with Crippen LogP contribution in [0, 0.1) is 11.7 Å². The molecule has 0 saturated heterocycles. The van der Waals surface area contributed by atoms with Crippen molar-refractivity contribution >= 4 is 15.7 Å². The van der Waals surface area contributed by atoms with Crippen LogP contribution in [0.15, 0.2) is 59.9 Å². The van der Waals surface area contributed by atoms with E-state index in [1.165, 1.54) is 39.9 Å². The fourth-order valence-corrected chi connectivity index (χ4v) is 5.58. The average Bonchev–Trinajstić information content (AvgIpc) is 3.24. The molecule has 0 aliphatic rings. The van der Waals surface area contributed by atoms with Crippen molar-refractivity contribution in [1.29, 1.82) is 0 Å². The molecule has 11 heteroatoms. The van der Waals surface area contributed by atoms with Crippen LogP contribution in [0.3, 0.4) is 0 Å². The third kappa shape index (κ3) is 6.97. The van der Waals surface area contributed by atoms with Gasteiger partial charge in [-0.2, -0.15) is 13.2 Å². The van der Waals surface area contributed by atoms with Crippen molar-refractivity contribution in [2.45, 2.75) is 57.4 Å². The SMILES string of the molecule is CC(C)CN(Cc1cnc(S(=O)(=O)Cc2ccc(F)cc2)n1C(C)C)C(=O)c1ccc(C(F)(F)F)cc1. The number of hydrogen-bond acceptors (Lipinski definition) is 4. The first-order valence-corrected chi connectivity index (χ1v) is 13.3. The Morgan fingerprint density at radius 3 is 2.11 bits per heavy atom. The molecule has 37 heavy (non-hydrogen) atoms. The number of halogens is 4. The molecule has 0 bridgehead atoms. The van der Waals surface area contributed by atoms with Crippen LogP contribution < -0.4 is 0 Å². The van der Waals surface area contributed by atoms with Crippen LogP contribution in [-0.2, 0) is 28.3 Å². The molecule has 0 aliphatic carbocycles. The molecule has 6 nitrogen and oxygen atoms in total. The fourth-order valence-electron chi connectivity index (χ4n) is 3.98. The van der Waals surface area contributed by atoms with Gasteiger partial charge in [-0.1, -0.05) is 26.0 Å². The lowest BCUT2D eigenvalue weighted by molar-refractivity contribution is -0.137. The van der Waals surface area contributed by atoms with Gasteiger partial charge in [0.05, 0.1) is 29.8 Å². The van der Waals surface area contributed by atoms with Crippen molar-refractivity contribution in [1.82, 2.24) is 14.5 Å². The Bertz CT molecular complexity index is 1330. The number of benzene rings is 2. The summed E-state index contributed by atoms with van der Waals surface area (Å²) in [6.07, 6.45) is -3.12. The Kier molecular flexibility index (Phi) is 8.46. The van der Waals surface area contributed by atoms with Crippen LogP contribution in [0.25, 0.3) is 0 Å². The highest BCUT2D eigenvalue weighted by Gasteiger charge is 2.31. The molecular formula is C26H29F4N3O3S. The number of alkyl halides is 3. The van der Waals surface area contributed by atoms with Gasteiger partial charge in [0.1, 0.15) is 5.82 Å². The molecule has 3 aromatic rings. The topological polar surface area (TPSA) is 72.3 Å². The van der Waals surface area contributed by atoms with Gasteiger partial charge in [0.15, 0.2) is 0 Å². The number of imidazole rings is 1. The Morgan fingerprint density at radius 2 is 1.59 bits per heavy atom. The number of sulfone groups is 1. The minimum atomic E-state index is -4.52. The second kappa shape index (κ2) is 11.0. The van der Waals surface area contributed by atoms with Crippen molar-refractivity contribution in [2.75, 3.05) is 6.54 Å². The summed E-state index contributed by atoms with van der Waals surface area (Å²) >= 11 is 0. The number of nitrogens with zero attached hydrogens (tertiary/aromatic N) is 3. The van der Waals surface area contributed by atoms with Crippen LogP contribution in [0.1, 0.15) is 60.9 Å². The smallest absolute Gasteiger partial charge is 0.333 e. The molecule has 0 radical (unpaired) electrons. The number of amides is 1. The van der Waals surface area contributed by atoms with Crippen molar-refractivity contribution in [2.24, 2.45) is 5.92 Å². The third-order valence-electron chi connectivity index (χ3n) is 5.59. The van der Waals surface area contributed by atoms with E-state index in [9.17, 15) is 30.8 Å². The lowest BCUT2D eigenvalue weighted by Crippen LogP contribution is -2.34. The van der Waals surface area contributed by atoms with Crippen molar-refractivity contribution in [3.8, 4) is 0 Å². The number of carbonyl (C=O) groups excluding carboxylic acids is 1. The second-order valence-electron chi connectivity index (χ2n) is 9.54. The number of carbonyl (C=O) groups is 1. The molecule has 1 aromatic heterocycles. The molecule has 0 spiro atoms. The number of aromatic nitrogens is 2. The van der Waals surface area contributed by atoms with Gasteiger partial charge in [0.2, 0.25) is 15.0 Å². The maximum absolute atomic E-state index is 13.3. The zero-order valence-corrected chi connectivity index (χ0v) is 21.8. The lowest BCUT2D eigenvalue weighted by Gasteiger charge is -2.26. The zero-order chi connectivity index (χ0) is 27.5. The summed E-state index contributed by atoms with van der Waals surface area (Å²) in [5.41, 5.74) is 0.107. The highest BCUT2D eigenvalue weighted by molar-refractivity contribution is 7.90. The Balaban J connectivity index is 1.93. The van der Waals surface area contributed by atoms with Crippen LogP contribution in [0.2, 0.25) is 0 Å². The summed E-state index contributed by atoms with van der Waals surface area (Å²) in [4.78, 5) is 18.9. The van der Waals surface area contributed by atoms with Gasteiger partial charge in [0.25, 0.3) is 5.91 Å². The molecule has 0 aliphatic heterocycles. The first kappa shape index (κ1) is 28.4. The van der Waals surface area contributed by atoms with Gasteiger partial charge >= 0.3 is 6.18 Å². The summed E-state index contributed by atoms with van der Waals surface area (Å²) in [5, 5.41) is -0.173. The van der Waals surface area contributed by atoms with Gasteiger partial charge in [-0.05, 0) is 61.7 Å². The fraction of sp³-hybridized carbons (Fsp3) is 0.385. The standard InChI is InChI=1S/C26H29F4N3O3S/c1-17(2)14-32(24(34)20-7-9-21(10-8-20)26(28,29)30)15-23-13-31-25(33(23)18(3)4)37(35,36)16-19-5-11-22(27)12-6-19/h5-13,17-18H,14-16H2,1-4H3. The van der Waals surface area contributed by atoms with Crippen molar-refractivity contribution < 1.29 is 30.8 Å². The van der Waals surface area contributed by atoms with Gasteiger partial charge in [-0.25, -0.2) is 17.8 Å². The molecule has 3 rings (SSSR count). The molecule has 0 unspecified atom stereocenters. The molecule has 0 atom stereocenters. The van der Waals surface area contributed by atoms with E-state index in [1.807, 2.05) is 13.8 Å². The third-order valence-corrected chi connectivity index (χ3v) is 7.16. The zero-order valence-electron chi connectivity index (χ0n) is 21.0. The van der Waals surface area contributed by atoms with E-state index in [1.54, 1.807) is 13.8 Å². The summed E-state index contributed by atoms with van der Waals surface area (Å²) in [6.45, 7) is 7.66. The minimum Gasteiger partial charge on any atom is -0.333 e. The minimum absolute atomic E-state index is 0.00921. The number of rotatable bonds is 9. The predicted octanol–water partition coefficient (Wildman–Crippen LogP) is 5.89. The second-order valence-corrected chi connectivity index (χ2v) is 11.4. The van der Waals surface area contributed by atoms with E-state index in [0.717, 1.165) is 24.3 Å². The normalized spacial score (nSPS) is 12.4. The highest BCUT2D eigenvalue weighted by atomic mass is 32.2. The van der Waals surface area contributed by atoms with Crippen LogP contribution in [-0.4, -0.2) is 35.3 Å². The van der Waals surface area contributed by atoms with Crippen molar-refractivity contribution in [3.63, 3.8) is 0 Å². The van der Waals surface area contributed by atoms with E-state index in [2.05, 4.69) is 4.98 Å². The van der Waals surface area contributed by atoms with Crippen molar-refractivity contribution in [3.05, 3.63) is 82.9 Å². The first-order chi connectivity index (χ1) is 17.2. The van der Waals surface area contributed by atoms with E-state index in [4.69, 9.17) is 0 Å². The molecule has 1 heterocycles. The van der Waals surface area contributed by atoms with Gasteiger partial charge in [-0.3, -0.25) is 4.79 Å². The van der Waals surface area contributed by atoms with Gasteiger partial charge in [-0.15, -0.1) is 0 Å². The van der Waals surface area contributed by atoms with Crippen LogP contribution in [0.5, 0.6) is 0 Å². The molecule has 0 N–H and O–H groups in total. The van der Waals surface area contributed by atoms with E-state index < -0.39 is 33.3 Å².